The first-order valence-electron chi connectivity index (χ1n) is 7.62. The zero-order valence-corrected chi connectivity index (χ0v) is 13.3. The van der Waals surface area contributed by atoms with E-state index in [1.807, 2.05) is 0 Å². The minimum Gasteiger partial charge on any atom is -0.359 e. The summed E-state index contributed by atoms with van der Waals surface area (Å²) in [6.07, 6.45) is 5.06. The zero-order valence-electron chi connectivity index (χ0n) is 12.5. The summed E-state index contributed by atoms with van der Waals surface area (Å²) in [5, 5.41) is 2.50. The molecule has 6 nitrogen and oxygen atoms in total. The Morgan fingerprint density at radius 1 is 1.19 bits per heavy atom. The van der Waals surface area contributed by atoms with Gasteiger partial charge in [0.05, 0.1) is 17.5 Å². The van der Waals surface area contributed by atoms with Gasteiger partial charge in [0.25, 0.3) is 0 Å². The molecule has 1 saturated heterocycles. The van der Waals surface area contributed by atoms with Crippen LogP contribution in [-0.2, 0) is 19.4 Å². The van der Waals surface area contributed by atoms with E-state index in [4.69, 9.17) is 0 Å². The summed E-state index contributed by atoms with van der Waals surface area (Å²) in [5.41, 5.74) is 0. The molecule has 2 amide bonds. The molecule has 1 saturated carbocycles. The Balaban J connectivity index is 2.03. The molecule has 1 aliphatic heterocycles. The van der Waals surface area contributed by atoms with Crippen LogP contribution in [-0.4, -0.2) is 56.3 Å². The van der Waals surface area contributed by atoms with Gasteiger partial charge in [0.15, 0.2) is 9.84 Å². The molecule has 120 valence electrons. The fraction of sp³-hybridized carbons (Fsp3) is 0.857. The van der Waals surface area contributed by atoms with Crippen LogP contribution in [0.3, 0.4) is 0 Å². The van der Waals surface area contributed by atoms with Crippen LogP contribution in [0.4, 0.5) is 0 Å². The standard InChI is InChI=1S/C14H24N2O4S/c1-15-13(17)9-12-10-21(19,20)7-6-16(12)14(18)8-11-4-2-3-5-11/h11-12H,2-10H2,1H3,(H,15,17). The second-order valence-electron chi connectivity index (χ2n) is 6.09. The molecule has 21 heavy (non-hydrogen) atoms. The summed E-state index contributed by atoms with van der Waals surface area (Å²) < 4.78 is 23.5. The second-order valence-corrected chi connectivity index (χ2v) is 8.32. The molecule has 1 heterocycles. The lowest BCUT2D eigenvalue weighted by atomic mass is 10.0. The van der Waals surface area contributed by atoms with E-state index in [0.717, 1.165) is 12.8 Å². The number of nitrogens with zero attached hydrogens (tertiary/aromatic N) is 1. The number of sulfone groups is 1. The molecule has 2 aliphatic rings. The van der Waals surface area contributed by atoms with E-state index in [2.05, 4.69) is 5.32 Å². The molecule has 0 aromatic rings. The number of hydrogen-bond acceptors (Lipinski definition) is 4. The summed E-state index contributed by atoms with van der Waals surface area (Å²) in [4.78, 5) is 25.6. The lowest BCUT2D eigenvalue weighted by Gasteiger charge is -2.35. The van der Waals surface area contributed by atoms with Crippen molar-refractivity contribution in [3.8, 4) is 0 Å². The number of carbonyl (C=O) groups is 2. The summed E-state index contributed by atoms with van der Waals surface area (Å²) >= 11 is 0. The van der Waals surface area contributed by atoms with E-state index in [0.29, 0.717) is 12.3 Å². The third-order valence-corrected chi connectivity index (χ3v) is 6.19. The van der Waals surface area contributed by atoms with Crippen molar-refractivity contribution in [1.29, 1.82) is 0 Å². The molecule has 1 N–H and O–H groups in total. The highest BCUT2D eigenvalue weighted by Crippen LogP contribution is 2.29. The lowest BCUT2D eigenvalue weighted by Crippen LogP contribution is -2.52. The highest BCUT2D eigenvalue weighted by Gasteiger charge is 2.35. The van der Waals surface area contributed by atoms with E-state index in [-0.39, 0.29) is 36.3 Å². The fourth-order valence-corrected chi connectivity index (χ4v) is 4.80. The summed E-state index contributed by atoms with van der Waals surface area (Å²) in [6.45, 7) is 0.218. The van der Waals surface area contributed by atoms with Crippen molar-refractivity contribution < 1.29 is 18.0 Å². The maximum Gasteiger partial charge on any atom is 0.223 e. The van der Waals surface area contributed by atoms with Crippen LogP contribution >= 0.6 is 0 Å². The largest absolute Gasteiger partial charge is 0.359 e. The van der Waals surface area contributed by atoms with Crippen LogP contribution in [0.25, 0.3) is 0 Å². The van der Waals surface area contributed by atoms with E-state index < -0.39 is 15.9 Å². The minimum atomic E-state index is -3.15. The summed E-state index contributed by atoms with van der Waals surface area (Å²) in [5.74, 6) is 0.114. The van der Waals surface area contributed by atoms with E-state index in [9.17, 15) is 18.0 Å². The number of amides is 2. The third kappa shape index (κ3) is 4.43. The molecule has 0 aromatic carbocycles. The molecule has 0 aromatic heterocycles. The van der Waals surface area contributed by atoms with Crippen molar-refractivity contribution in [3.05, 3.63) is 0 Å². The Bertz CT molecular complexity index is 497. The van der Waals surface area contributed by atoms with Gasteiger partial charge in [0.1, 0.15) is 0 Å². The van der Waals surface area contributed by atoms with Crippen molar-refractivity contribution in [1.82, 2.24) is 10.2 Å². The first kappa shape index (κ1) is 16.3. The molecule has 2 fully saturated rings. The quantitative estimate of drug-likeness (QED) is 0.810. The van der Waals surface area contributed by atoms with E-state index >= 15 is 0 Å². The smallest absolute Gasteiger partial charge is 0.223 e. The van der Waals surface area contributed by atoms with Gasteiger partial charge >= 0.3 is 0 Å². The summed E-state index contributed by atoms with van der Waals surface area (Å²) in [7, 11) is -1.64. The minimum absolute atomic E-state index is 0.00528. The Morgan fingerprint density at radius 2 is 1.86 bits per heavy atom. The molecule has 2 rings (SSSR count). The molecular formula is C14H24N2O4S. The number of carbonyl (C=O) groups excluding carboxylic acids is 2. The lowest BCUT2D eigenvalue weighted by molar-refractivity contribution is -0.135. The Morgan fingerprint density at radius 3 is 2.48 bits per heavy atom. The molecule has 0 spiro atoms. The number of hydrogen-bond donors (Lipinski definition) is 1. The van der Waals surface area contributed by atoms with Crippen LogP contribution in [0.15, 0.2) is 0 Å². The predicted molar refractivity (Wildman–Crippen MR) is 79.4 cm³/mol. The van der Waals surface area contributed by atoms with Crippen LogP contribution in [0.1, 0.15) is 38.5 Å². The molecular weight excluding hydrogens is 292 g/mol. The van der Waals surface area contributed by atoms with Crippen molar-refractivity contribution in [2.75, 3.05) is 25.1 Å². The van der Waals surface area contributed by atoms with Gasteiger partial charge in [-0.2, -0.15) is 0 Å². The van der Waals surface area contributed by atoms with Crippen LogP contribution < -0.4 is 5.32 Å². The monoisotopic (exact) mass is 316 g/mol. The van der Waals surface area contributed by atoms with Gasteiger partial charge in [-0.05, 0) is 18.8 Å². The third-order valence-electron chi connectivity index (χ3n) is 4.49. The highest BCUT2D eigenvalue weighted by atomic mass is 32.2. The van der Waals surface area contributed by atoms with Crippen LogP contribution in [0.5, 0.6) is 0 Å². The Labute approximate surface area is 126 Å². The topological polar surface area (TPSA) is 83.6 Å². The van der Waals surface area contributed by atoms with Gasteiger partial charge in [0, 0.05) is 26.4 Å². The molecule has 1 atom stereocenters. The van der Waals surface area contributed by atoms with Gasteiger partial charge in [-0.3, -0.25) is 9.59 Å². The van der Waals surface area contributed by atoms with Crippen LogP contribution in [0.2, 0.25) is 0 Å². The Kier molecular flexibility index (Phi) is 5.24. The molecule has 1 unspecified atom stereocenters. The molecule has 1 aliphatic carbocycles. The van der Waals surface area contributed by atoms with Gasteiger partial charge in [-0.25, -0.2) is 8.42 Å². The van der Waals surface area contributed by atoms with E-state index in [1.54, 1.807) is 4.90 Å². The summed E-state index contributed by atoms with van der Waals surface area (Å²) in [6, 6.07) is -0.516. The van der Waals surface area contributed by atoms with E-state index in [1.165, 1.54) is 19.9 Å². The molecule has 7 heteroatoms. The van der Waals surface area contributed by atoms with Crippen molar-refractivity contribution in [3.63, 3.8) is 0 Å². The second kappa shape index (κ2) is 6.77. The van der Waals surface area contributed by atoms with Crippen molar-refractivity contribution >= 4 is 21.7 Å². The van der Waals surface area contributed by atoms with Crippen molar-refractivity contribution in [2.45, 2.75) is 44.6 Å². The first-order valence-corrected chi connectivity index (χ1v) is 9.44. The van der Waals surface area contributed by atoms with Gasteiger partial charge in [-0.15, -0.1) is 0 Å². The van der Waals surface area contributed by atoms with Gasteiger partial charge < -0.3 is 10.2 Å². The first-order chi connectivity index (χ1) is 9.91. The van der Waals surface area contributed by atoms with Gasteiger partial charge in [-0.1, -0.05) is 12.8 Å². The maximum atomic E-state index is 12.4. The number of nitrogens with one attached hydrogen (secondary N) is 1. The molecule has 0 radical (unpaired) electrons. The SMILES string of the molecule is CNC(=O)CC1CS(=O)(=O)CCN1C(=O)CC1CCCC1. The van der Waals surface area contributed by atoms with Crippen LogP contribution in [0, 0.1) is 5.92 Å². The highest BCUT2D eigenvalue weighted by molar-refractivity contribution is 7.91. The van der Waals surface area contributed by atoms with Gasteiger partial charge in [0.2, 0.25) is 11.8 Å². The average molecular weight is 316 g/mol. The predicted octanol–water partition coefficient (Wildman–Crippen LogP) is 0.328. The maximum absolute atomic E-state index is 12.4. The fourth-order valence-electron chi connectivity index (χ4n) is 3.28. The number of rotatable bonds is 4. The normalized spacial score (nSPS) is 25.8. The van der Waals surface area contributed by atoms with Crippen molar-refractivity contribution in [2.24, 2.45) is 5.92 Å². The Hall–Kier alpha value is -1.11. The molecule has 0 bridgehead atoms. The average Bonchev–Trinajstić information content (AvgIpc) is 2.90. The zero-order chi connectivity index (χ0) is 15.5.